The lowest BCUT2D eigenvalue weighted by atomic mass is 9.87. The molecule has 0 unspecified atom stereocenters. The zero-order valence-electron chi connectivity index (χ0n) is 16.6. The Morgan fingerprint density at radius 2 is 1.79 bits per heavy atom. The average Bonchev–Trinajstić information content (AvgIpc) is 3.15. The molecule has 1 aliphatic rings. The van der Waals surface area contributed by atoms with Crippen LogP contribution in [0.1, 0.15) is 39.2 Å². The summed E-state index contributed by atoms with van der Waals surface area (Å²) < 4.78 is 1.68. The van der Waals surface area contributed by atoms with Crippen LogP contribution in [0, 0.1) is 5.92 Å². The number of hydrogen-bond donors (Lipinski definition) is 1. The van der Waals surface area contributed by atoms with E-state index in [4.69, 9.17) is 0 Å². The van der Waals surface area contributed by atoms with Gasteiger partial charge in [0.15, 0.2) is 5.65 Å². The van der Waals surface area contributed by atoms with Crippen molar-refractivity contribution in [2.24, 2.45) is 5.92 Å². The van der Waals surface area contributed by atoms with Gasteiger partial charge in [0, 0.05) is 24.7 Å². The second kappa shape index (κ2) is 7.22. The largest absolute Gasteiger partial charge is 0.355 e. The molecule has 0 spiro atoms. The van der Waals surface area contributed by atoms with Crippen molar-refractivity contribution < 1.29 is 4.79 Å². The molecule has 1 aliphatic heterocycles. The maximum Gasteiger partial charge on any atom is 0.227 e. The van der Waals surface area contributed by atoms with Crippen LogP contribution in [-0.4, -0.2) is 38.8 Å². The van der Waals surface area contributed by atoms with Gasteiger partial charge >= 0.3 is 0 Å². The van der Waals surface area contributed by atoms with Gasteiger partial charge in [0.05, 0.1) is 0 Å². The minimum atomic E-state index is 0.0252. The van der Waals surface area contributed by atoms with Crippen LogP contribution < -0.4 is 10.2 Å². The Kier molecular flexibility index (Phi) is 4.75. The van der Waals surface area contributed by atoms with Crippen molar-refractivity contribution >= 4 is 23.1 Å². The number of hydrogen-bond acceptors (Lipinski definition) is 5. The summed E-state index contributed by atoms with van der Waals surface area (Å²) in [6.07, 6.45) is 3.23. The monoisotopic (exact) mass is 378 g/mol. The number of rotatable bonds is 3. The van der Waals surface area contributed by atoms with Gasteiger partial charge < -0.3 is 10.2 Å². The third-order valence-corrected chi connectivity index (χ3v) is 5.36. The highest BCUT2D eigenvalue weighted by Gasteiger charge is 2.26. The van der Waals surface area contributed by atoms with Crippen molar-refractivity contribution in [1.29, 1.82) is 0 Å². The van der Waals surface area contributed by atoms with Crippen LogP contribution in [0.5, 0.6) is 0 Å². The smallest absolute Gasteiger partial charge is 0.227 e. The van der Waals surface area contributed by atoms with Gasteiger partial charge in [0.25, 0.3) is 0 Å². The number of fused-ring (bicyclic) bond motifs is 1. The average molecular weight is 378 g/mol. The number of aromatic nitrogens is 4. The Hall–Kier alpha value is -2.96. The van der Waals surface area contributed by atoms with E-state index in [1.54, 1.807) is 10.8 Å². The molecule has 7 heteroatoms. The van der Waals surface area contributed by atoms with E-state index in [1.165, 1.54) is 5.56 Å². The molecule has 1 amide bonds. The number of carbonyl (C=O) groups is 1. The highest BCUT2D eigenvalue weighted by molar-refractivity contribution is 5.92. The number of nitrogens with one attached hydrogen (secondary N) is 1. The fourth-order valence-corrected chi connectivity index (χ4v) is 3.56. The lowest BCUT2D eigenvalue weighted by Gasteiger charge is -2.32. The van der Waals surface area contributed by atoms with Crippen molar-refractivity contribution in [2.75, 3.05) is 23.3 Å². The molecule has 28 heavy (non-hydrogen) atoms. The molecule has 0 saturated carbocycles. The predicted octanol–water partition coefficient (Wildman–Crippen LogP) is 3.28. The van der Waals surface area contributed by atoms with Gasteiger partial charge in [-0.3, -0.25) is 4.79 Å². The molecule has 3 heterocycles. The quantitative estimate of drug-likeness (QED) is 0.757. The van der Waals surface area contributed by atoms with Crippen molar-refractivity contribution in [2.45, 2.75) is 39.0 Å². The molecule has 1 N–H and O–H groups in total. The fraction of sp³-hybridized carbons (Fsp3) is 0.429. The van der Waals surface area contributed by atoms with Crippen LogP contribution in [0.3, 0.4) is 0 Å². The minimum Gasteiger partial charge on any atom is -0.355 e. The van der Waals surface area contributed by atoms with E-state index >= 15 is 0 Å². The summed E-state index contributed by atoms with van der Waals surface area (Å²) in [7, 11) is 0. The number of amides is 1. The summed E-state index contributed by atoms with van der Waals surface area (Å²) in [5, 5.41) is 15.5. The summed E-state index contributed by atoms with van der Waals surface area (Å²) in [6, 6.07) is 12.0. The lowest BCUT2D eigenvalue weighted by Crippen LogP contribution is -2.38. The van der Waals surface area contributed by atoms with E-state index in [0.29, 0.717) is 0 Å². The Morgan fingerprint density at radius 3 is 2.46 bits per heavy atom. The molecule has 1 fully saturated rings. The predicted molar refractivity (Wildman–Crippen MR) is 109 cm³/mol. The Bertz CT molecular complexity index is 964. The van der Waals surface area contributed by atoms with Gasteiger partial charge in [-0.05, 0) is 48.1 Å². The molecular weight excluding hydrogens is 352 g/mol. The van der Waals surface area contributed by atoms with Crippen LogP contribution in [-0.2, 0) is 10.2 Å². The highest BCUT2D eigenvalue weighted by Crippen LogP contribution is 2.25. The molecule has 1 aromatic carbocycles. The van der Waals surface area contributed by atoms with E-state index in [-0.39, 0.29) is 17.2 Å². The highest BCUT2D eigenvalue weighted by atomic mass is 16.1. The molecule has 3 aromatic rings. The van der Waals surface area contributed by atoms with Gasteiger partial charge in [-0.1, -0.05) is 32.9 Å². The molecule has 2 aromatic heterocycles. The molecule has 0 bridgehead atoms. The number of nitrogens with zero attached hydrogens (tertiary/aromatic N) is 5. The first-order valence-corrected chi connectivity index (χ1v) is 9.73. The standard InChI is InChI=1S/C21H26N6O/c1-21(2,3)16-4-6-17(7-5-16)23-20(28)15-10-12-26(13-11-15)19-9-8-18-24-22-14-27(18)25-19/h4-9,14-15H,10-13H2,1-3H3,(H,23,28). The van der Waals surface area contributed by atoms with Crippen molar-refractivity contribution in [3.05, 3.63) is 48.3 Å². The second-order valence-corrected chi connectivity index (χ2v) is 8.40. The van der Waals surface area contributed by atoms with Gasteiger partial charge in [-0.25, -0.2) is 0 Å². The fourth-order valence-electron chi connectivity index (χ4n) is 3.56. The summed E-state index contributed by atoms with van der Waals surface area (Å²) in [5.74, 6) is 1.02. The third-order valence-electron chi connectivity index (χ3n) is 5.36. The first-order valence-electron chi connectivity index (χ1n) is 9.73. The maximum absolute atomic E-state index is 12.7. The van der Waals surface area contributed by atoms with Crippen LogP contribution in [0.2, 0.25) is 0 Å². The van der Waals surface area contributed by atoms with E-state index in [1.807, 2.05) is 24.3 Å². The molecule has 0 aliphatic carbocycles. The minimum absolute atomic E-state index is 0.0252. The van der Waals surface area contributed by atoms with Crippen molar-refractivity contribution in [3.8, 4) is 0 Å². The van der Waals surface area contributed by atoms with E-state index in [9.17, 15) is 4.79 Å². The first kappa shape index (κ1) is 18.4. The van der Waals surface area contributed by atoms with E-state index in [0.717, 1.165) is 43.1 Å². The summed E-state index contributed by atoms with van der Waals surface area (Å²) in [4.78, 5) is 14.9. The summed E-state index contributed by atoms with van der Waals surface area (Å²) in [6.45, 7) is 8.17. The zero-order valence-corrected chi connectivity index (χ0v) is 16.6. The van der Waals surface area contributed by atoms with Crippen LogP contribution >= 0.6 is 0 Å². The van der Waals surface area contributed by atoms with Gasteiger partial charge in [0.1, 0.15) is 12.1 Å². The SMILES string of the molecule is CC(C)(C)c1ccc(NC(=O)C2CCN(c3ccc4nncn4n3)CC2)cc1. The third kappa shape index (κ3) is 3.83. The Labute approximate surface area is 164 Å². The maximum atomic E-state index is 12.7. The number of benzene rings is 1. The van der Waals surface area contributed by atoms with Crippen LogP contribution in [0.25, 0.3) is 5.65 Å². The normalized spacial score (nSPS) is 15.8. The van der Waals surface area contributed by atoms with Gasteiger partial charge in [0.2, 0.25) is 5.91 Å². The van der Waals surface area contributed by atoms with Gasteiger partial charge in [-0.2, -0.15) is 4.52 Å². The topological polar surface area (TPSA) is 75.4 Å². The van der Waals surface area contributed by atoms with Crippen LogP contribution in [0.15, 0.2) is 42.7 Å². The van der Waals surface area contributed by atoms with Crippen molar-refractivity contribution in [3.63, 3.8) is 0 Å². The number of carbonyl (C=O) groups excluding carboxylic acids is 1. The van der Waals surface area contributed by atoms with Crippen LogP contribution in [0.4, 0.5) is 11.5 Å². The Balaban J connectivity index is 1.34. The molecule has 1 saturated heterocycles. The molecule has 0 atom stereocenters. The number of piperidine rings is 1. The Morgan fingerprint density at radius 1 is 1.07 bits per heavy atom. The zero-order chi connectivity index (χ0) is 19.7. The van der Waals surface area contributed by atoms with Gasteiger partial charge in [-0.15, -0.1) is 15.3 Å². The van der Waals surface area contributed by atoms with E-state index < -0.39 is 0 Å². The molecule has 4 rings (SSSR count). The molecular formula is C21H26N6O. The van der Waals surface area contributed by atoms with E-state index in [2.05, 4.69) is 58.4 Å². The molecule has 146 valence electrons. The lowest BCUT2D eigenvalue weighted by molar-refractivity contribution is -0.120. The summed E-state index contributed by atoms with van der Waals surface area (Å²) >= 11 is 0. The first-order chi connectivity index (χ1) is 13.4. The molecule has 0 radical (unpaired) electrons. The number of anilines is 2. The summed E-state index contributed by atoms with van der Waals surface area (Å²) in [5.41, 5.74) is 2.96. The second-order valence-electron chi connectivity index (χ2n) is 8.40. The molecule has 7 nitrogen and oxygen atoms in total. The van der Waals surface area contributed by atoms with Crippen molar-refractivity contribution in [1.82, 2.24) is 19.8 Å².